The molecule has 43 heavy (non-hydrogen) atoms. The van der Waals surface area contributed by atoms with Gasteiger partial charge in [0.2, 0.25) is 5.91 Å². The molecule has 238 valence electrons. The average Bonchev–Trinajstić information content (AvgIpc) is 3.30. The van der Waals surface area contributed by atoms with E-state index < -0.39 is 4.92 Å². The number of nitro groups is 1. The Kier molecular flexibility index (Phi) is 9.30. The zero-order valence-corrected chi connectivity index (χ0v) is 27.4. The molecule has 9 atom stereocenters. The number of non-ortho nitro benzene ring substituents is 1. The van der Waals surface area contributed by atoms with Crippen molar-refractivity contribution in [2.75, 3.05) is 5.32 Å². The van der Waals surface area contributed by atoms with E-state index in [1.165, 1.54) is 82.9 Å². The highest BCUT2D eigenvalue weighted by atomic mass is 16.6. The molecule has 1 aromatic rings. The molecule has 0 radical (unpaired) electrons. The molecule has 2 N–H and O–H groups in total. The van der Waals surface area contributed by atoms with E-state index in [1.54, 1.807) is 0 Å². The lowest BCUT2D eigenvalue weighted by Crippen LogP contribution is -2.55. The van der Waals surface area contributed by atoms with E-state index in [1.807, 2.05) is 0 Å². The quantitative estimate of drug-likeness (QED) is 0.221. The zero-order valence-electron chi connectivity index (χ0n) is 27.4. The number of fused-ring (bicyclic) bond motifs is 5. The number of nitrogens with zero attached hydrogens (tertiary/aromatic N) is 1. The van der Waals surface area contributed by atoms with Gasteiger partial charge in [-0.25, -0.2) is 0 Å². The summed E-state index contributed by atoms with van der Waals surface area (Å²) in [4.78, 5) is 35.9. The first kappa shape index (κ1) is 32.0. The minimum absolute atomic E-state index is 0.0823. The number of amides is 2. The lowest BCUT2D eigenvalue weighted by Gasteiger charge is -2.61. The van der Waals surface area contributed by atoms with Crippen molar-refractivity contribution in [3.63, 3.8) is 0 Å². The SMILES string of the molecule is CC(=O)Nc1cc([N+](=O)[O-])ccc1C(=O)N[C@@H]1CC[C@@]2(C)C(CC[C@H]3[C@@H]4CC[C@H]([C@H](C)CCCC(C)C)[C@@]4(C)CC[C@@H]32)C1. The van der Waals surface area contributed by atoms with Gasteiger partial charge in [-0.1, -0.05) is 53.9 Å². The van der Waals surface area contributed by atoms with Gasteiger partial charge in [-0.05, 0) is 116 Å². The minimum atomic E-state index is -0.514. The van der Waals surface area contributed by atoms with Gasteiger partial charge < -0.3 is 10.6 Å². The fourth-order valence-electron chi connectivity index (χ4n) is 10.8. The van der Waals surface area contributed by atoms with Crippen LogP contribution >= 0.6 is 0 Å². The number of hydrogen-bond donors (Lipinski definition) is 2. The van der Waals surface area contributed by atoms with E-state index in [9.17, 15) is 19.7 Å². The first-order valence-corrected chi connectivity index (χ1v) is 17.2. The highest BCUT2D eigenvalue weighted by Crippen LogP contribution is 2.68. The number of nitrogens with one attached hydrogen (secondary N) is 2. The van der Waals surface area contributed by atoms with Gasteiger partial charge in [0, 0.05) is 25.1 Å². The van der Waals surface area contributed by atoms with E-state index >= 15 is 0 Å². The Morgan fingerprint density at radius 3 is 2.40 bits per heavy atom. The van der Waals surface area contributed by atoms with Crippen LogP contribution in [0.2, 0.25) is 0 Å². The summed E-state index contributed by atoms with van der Waals surface area (Å²) in [7, 11) is 0. The van der Waals surface area contributed by atoms with Gasteiger partial charge in [0.05, 0.1) is 16.2 Å². The van der Waals surface area contributed by atoms with E-state index in [2.05, 4.69) is 45.3 Å². The summed E-state index contributed by atoms with van der Waals surface area (Å²) >= 11 is 0. The highest BCUT2D eigenvalue weighted by molar-refractivity contribution is 6.04. The molecule has 4 aliphatic rings. The van der Waals surface area contributed by atoms with Gasteiger partial charge in [0.15, 0.2) is 0 Å². The van der Waals surface area contributed by atoms with Crippen LogP contribution in [0.4, 0.5) is 11.4 Å². The molecule has 0 aliphatic heterocycles. The van der Waals surface area contributed by atoms with Crippen molar-refractivity contribution in [2.45, 2.75) is 125 Å². The van der Waals surface area contributed by atoms with Gasteiger partial charge in [-0.3, -0.25) is 19.7 Å². The van der Waals surface area contributed by atoms with Crippen molar-refractivity contribution in [1.82, 2.24) is 5.32 Å². The molecule has 7 nitrogen and oxygen atoms in total. The lowest BCUT2D eigenvalue weighted by molar-refractivity contribution is -0.384. The molecular weight excluding hydrogens is 538 g/mol. The standard InChI is InChI=1S/C36H55N3O4/c1-22(2)8-7-9-23(3)30-14-15-31-28-12-10-25-20-26(16-18-35(25,5)32(28)17-19-36(30,31)6)38-34(41)29-13-11-27(39(42)43)21-33(29)37-24(4)40/h11,13,21-23,25-26,28,30-32H,7-10,12,14-20H2,1-6H3,(H,37,40)(H,38,41)/t23-,25?,26-,28+,30-,31+,32+,35+,36-/m1/s1. The number of benzene rings is 1. The Hall–Kier alpha value is -2.44. The second-order valence-electron chi connectivity index (χ2n) is 15.8. The van der Waals surface area contributed by atoms with Crippen LogP contribution in [0.3, 0.4) is 0 Å². The second kappa shape index (κ2) is 12.5. The maximum absolute atomic E-state index is 13.4. The van der Waals surface area contributed by atoms with Crippen molar-refractivity contribution in [3.05, 3.63) is 33.9 Å². The molecule has 4 aliphatic carbocycles. The maximum Gasteiger partial charge on any atom is 0.271 e. The Morgan fingerprint density at radius 2 is 1.70 bits per heavy atom. The molecule has 0 heterocycles. The number of rotatable bonds is 9. The van der Waals surface area contributed by atoms with Gasteiger partial charge in [0.1, 0.15) is 0 Å². The van der Waals surface area contributed by atoms with Crippen LogP contribution in [-0.4, -0.2) is 22.8 Å². The number of hydrogen-bond acceptors (Lipinski definition) is 4. The largest absolute Gasteiger partial charge is 0.349 e. The maximum atomic E-state index is 13.4. The molecule has 1 unspecified atom stereocenters. The molecular formula is C36H55N3O4. The molecule has 2 amide bonds. The Labute approximate surface area is 258 Å². The average molecular weight is 594 g/mol. The van der Waals surface area contributed by atoms with Gasteiger partial charge >= 0.3 is 0 Å². The van der Waals surface area contributed by atoms with E-state index in [0.717, 1.165) is 54.8 Å². The topological polar surface area (TPSA) is 101 Å². The van der Waals surface area contributed by atoms with Crippen molar-refractivity contribution < 1.29 is 14.5 Å². The predicted octanol–water partition coefficient (Wildman–Crippen LogP) is 8.77. The number of carbonyl (C=O) groups is 2. The van der Waals surface area contributed by atoms with E-state index in [0.29, 0.717) is 16.7 Å². The summed E-state index contributed by atoms with van der Waals surface area (Å²) in [6, 6.07) is 4.14. The third-order valence-corrected chi connectivity index (χ3v) is 13.0. The van der Waals surface area contributed by atoms with E-state index in [4.69, 9.17) is 0 Å². The van der Waals surface area contributed by atoms with Crippen LogP contribution in [0.1, 0.15) is 129 Å². The molecule has 5 rings (SSSR count). The fourth-order valence-corrected chi connectivity index (χ4v) is 10.8. The zero-order chi connectivity index (χ0) is 31.1. The normalized spacial score (nSPS) is 35.8. The summed E-state index contributed by atoms with van der Waals surface area (Å²) in [6.45, 7) is 13.8. The first-order chi connectivity index (χ1) is 20.3. The second-order valence-corrected chi connectivity index (χ2v) is 15.8. The van der Waals surface area contributed by atoms with Crippen LogP contribution in [-0.2, 0) is 4.79 Å². The predicted molar refractivity (Wildman–Crippen MR) is 172 cm³/mol. The molecule has 4 saturated carbocycles. The van der Waals surface area contributed by atoms with Crippen molar-refractivity contribution in [1.29, 1.82) is 0 Å². The summed E-state index contributed by atoms with van der Waals surface area (Å²) in [5.41, 5.74) is 1.15. The monoisotopic (exact) mass is 593 g/mol. The molecule has 4 fully saturated rings. The summed E-state index contributed by atoms with van der Waals surface area (Å²) in [6.07, 6.45) is 15.4. The molecule has 0 bridgehead atoms. The molecule has 0 spiro atoms. The van der Waals surface area contributed by atoms with Crippen molar-refractivity contribution in [2.24, 2.45) is 52.3 Å². The van der Waals surface area contributed by atoms with Crippen molar-refractivity contribution >= 4 is 23.2 Å². The minimum Gasteiger partial charge on any atom is -0.349 e. The third kappa shape index (κ3) is 6.24. The van der Waals surface area contributed by atoms with Crippen LogP contribution in [0, 0.1) is 62.4 Å². The lowest BCUT2D eigenvalue weighted by atomic mass is 9.44. The number of anilines is 1. The molecule has 0 aromatic heterocycles. The summed E-state index contributed by atoms with van der Waals surface area (Å²) in [5.74, 6) is 4.99. The van der Waals surface area contributed by atoms with Gasteiger partial charge in [-0.15, -0.1) is 0 Å². The Morgan fingerprint density at radius 1 is 0.977 bits per heavy atom. The first-order valence-electron chi connectivity index (χ1n) is 17.2. The van der Waals surface area contributed by atoms with Crippen LogP contribution in [0.25, 0.3) is 0 Å². The number of nitro benzene ring substituents is 1. The van der Waals surface area contributed by atoms with Gasteiger partial charge in [0.25, 0.3) is 11.6 Å². The molecule has 0 saturated heterocycles. The third-order valence-electron chi connectivity index (χ3n) is 13.0. The Bertz CT molecular complexity index is 1210. The van der Waals surface area contributed by atoms with Crippen molar-refractivity contribution in [3.8, 4) is 0 Å². The van der Waals surface area contributed by atoms with E-state index in [-0.39, 0.29) is 34.8 Å². The van der Waals surface area contributed by atoms with Crippen LogP contribution in [0.15, 0.2) is 18.2 Å². The van der Waals surface area contributed by atoms with Crippen LogP contribution in [0.5, 0.6) is 0 Å². The fraction of sp³-hybridized carbons (Fsp3) is 0.778. The Balaban J connectivity index is 1.23. The molecule has 1 aromatic carbocycles. The van der Waals surface area contributed by atoms with Gasteiger partial charge in [-0.2, -0.15) is 0 Å². The smallest absolute Gasteiger partial charge is 0.271 e. The van der Waals surface area contributed by atoms with Crippen LogP contribution < -0.4 is 10.6 Å². The number of carbonyl (C=O) groups excluding carboxylic acids is 2. The highest BCUT2D eigenvalue weighted by Gasteiger charge is 2.60. The summed E-state index contributed by atoms with van der Waals surface area (Å²) in [5, 5.41) is 17.1. The summed E-state index contributed by atoms with van der Waals surface area (Å²) < 4.78 is 0. The molecule has 7 heteroatoms.